The summed E-state index contributed by atoms with van der Waals surface area (Å²) in [5.74, 6) is 5.54. The van der Waals surface area contributed by atoms with E-state index >= 15 is 0 Å². The Balaban J connectivity index is 1.04. The summed E-state index contributed by atoms with van der Waals surface area (Å²) in [5.41, 5.74) is 4.12. The van der Waals surface area contributed by atoms with Gasteiger partial charge in [-0.1, -0.05) is 97.9 Å². The van der Waals surface area contributed by atoms with E-state index in [1.165, 1.54) is 25.7 Å². The van der Waals surface area contributed by atoms with Crippen LogP contribution in [0.25, 0.3) is 43.4 Å². The summed E-state index contributed by atoms with van der Waals surface area (Å²) in [6.45, 7) is 18.1. The summed E-state index contributed by atoms with van der Waals surface area (Å²) < 4.78 is 29.9. The predicted octanol–water partition coefficient (Wildman–Crippen LogP) is 15.2. The molecule has 4 aromatic carbocycles. The highest BCUT2D eigenvalue weighted by Crippen LogP contribution is 2.50. The third-order valence-electron chi connectivity index (χ3n) is 18.6. The van der Waals surface area contributed by atoms with Crippen molar-refractivity contribution in [1.29, 1.82) is 0 Å². The molecule has 396 valence electrons. The van der Waals surface area contributed by atoms with Crippen molar-refractivity contribution in [2.45, 2.75) is 168 Å². The maximum Gasteiger partial charge on any atom is 0.242 e. The van der Waals surface area contributed by atoms with E-state index in [-0.39, 0.29) is 36.5 Å². The molecule has 0 N–H and O–H groups in total. The quantitative estimate of drug-likeness (QED) is 0.0486. The first-order valence-electron chi connectivity index (χ1n) is 29.4. The van der Waals surface area contributed by atoms with Crippen LogP contribution in [0.4, 0.5) is 0 Å². The number of fused-ring (bicyclic) bond motifs is 10. The Morgan fingerprint density at radius 2 is 1.11 bits per heavy atom. The van der Waals surface area contributed by atoms with E-state index in [9.17, 15) is 0 Å². The van der Waals surface area contributed by atoms with E-state index in [2.05, 4.69) is 138 Å². The summed E-state index contributed by atoms with van der Waals surface area (Å²) in [6.07, 6.45) is 19.1. The maximum absolute atomic E-state index is 7.71. The lowest BCUT2D eigenvalue weighted by atomic mass is 9.71. The van der Waals surface area contributed by atoms with Gasteiger partial charge in [-0.05, 0) is 141 Å². The minimum atomic E-state index is -0.340. The topological polar surface area (TPSA) is 91.7 Å². The van der Waals surface area contributed by atoms with Gasteiger partial charge in [-0.25, -0.2) is 0 Å². The van der Waals surface area contributed by atoms with E-state index in [0.29, 0.717) is 35.4 Å². The fourth-order valence-corrected chi connectivity index (χ4v) is 14.6. The van der Waals surface area contributed by atoms with Crippen LogP contribution in [-0.2, 0) is 0 Å². The van der Waals surface area contributed by atoms with Gasteiger partial charge in [-0.3, -0.25) is 14.9 Å². The number of hydrogen-bond donors (Lipinski definition) is 0. The van der Waals surface area contributed by atoms with Crippen molar-refractivity contribution in [2.75, 3.05) is 33.2 Å². The number of hydrogen-bond acceptors (Lipinski definition) is 9. The van der Waals surface area contributed by atoms with Crippen LogP contribution in [0, 0.1) is 23.7 Å². The smallest absolute Gasteiger partial charge is 0.242 e. The Labute approximate surface area is 446 Å². The molecule has 7 aromatic rings. The van der Waals surface area contributed by atoms with E-state index < -0.39 is 0 Å². The van der Waals surface area contributed by atoms with E-state index in [4.69, 9.17) is 39.1 Å². The van der Waals surface area contributed by atoms with Crippen molar-refractivity contribution in [3.05, 3.63) is 108 Å². The largest absolute Gasteiger partial charge is 0.490 e. The van der Waals surface area contributed by atoms with Gasteiger partial charge in [0.25, 0.3) is 0 Å². The first kappa shape index (κ1) is 51.5. The Hall–Kier alpha value is -5.58. The normalized spacial score (nSPS) is 25.2. The molecule has 0 saturated carbocycles. The Kier molecular flexibility index (Phi) is 15.5. The molecule has 75 heavy (non-hydrogen) atoms. The second-order valence-corrected chi connectivity index (χ2v) is 23.3. The minimum Gasteiger partial charge on any atom is -0.490 e. The molecule has 3 aromatic heterocycles. The zero-order valence-corrected chi connectivity index (χ0v) is 46.1. The molecule has 0 aliphatic carbocycles. The van der Waals surface area contributed by atoms with Gasteiger partial charge in [-0.15, -0.1) is 10.2 Å². The molecule has 9 heterocycles. The van der Waals surface area contributed by atoms with Crippen molar-refractivity contribution in [2.24, 2.45) is 23.7 Å². The monoisotopic (exact) mass is 1010 g/mol. The summed E-state index contributed by atoms with van der Waals surface area (Å²) >= 11 is 0. The number of quaternary nitrogens is 1. The van der Waals surface area contributed by atoms with Gasteiger partial charge in [0.1, 0.15) is 23.6 Å². The van der Waals surface area contributed by atoms with Gasteiger partial charge < -0.3 is 23.4 Å². The molecule has 6 saturated heterocycles. The van der Waals surface area contributed by atoms with Gasteiger partial charge in [0, 0.05) is 59.6 Å². The predicted molar refractivity (Wildman–Crippen MR) is 304 cm³/mol. The summed E-state index contributed by atoms with van der Waals surface area (Å²) in [5, 5.41) is 16.6. The second-order valence-electron chi connectivity index (χ2n) is 23.3. The number of ether oxygens (including phenoxy) is 4. The molecular formula is C65H83N6O4+. The van der Waals surface area contributed by atoms with Gasteiger partial charge in [0.15, 0.2) is 6.10 Å². The average molecular weight is 1010 g/mol. The van der Waals surface area contributed by atoms with Crippen molar-refractivity contribution in [3.63, 3.8) is 0 Å². The zero-order valence-electron chi connectivity index (χ0n) is 46.1. The number of aromatic nitrogens is 4. The van der Waals surface area contributed by atoms with E-state index in [1.807, 2.05) is 12.4 Å². The summed E-state index contributed by atoms with van der Waals surface area (Å²) in [6, 6.07) is 30.8. The molecule has 10 atom stereocenters. The molecule has 2 unspecified atom stereocenters. The molecule has 10 nitrogen and oxygen atoms in total. The average Bonchev–Trinajstić information content (AvgIpc) is 3.43. The lowest BCUT2D eigenvalue weighted by molar-refractivity contribution is -0.956. The molecule has 0 spiro atoms. The van der Waals surface area contributed by atoms with Crippen LogP contribution >= 0.6 is 0 Å². The molecule has 6 aliphatic rings. The fourth-order valence-electron chi connectivity index (χ4n) is 14.6. The number of piperidine rings is 6. The van der Waals surface area contributed by atoms with Crippen LogP contribution in [0.15, 0.2) is 97.3 Å². The molecule has 13 rings (SSSR count). The Morgan fingerprint density at radius 1 is 0.573 bits per heavy atom. The highest BCUT2D eigenvalue weighted by Gasteiger charge is 2.53. The number of benzene rings is 4. The highest BCUT2D eigenvalue weighted by molar-refractivity contribution is 6.02. The minimum absolute atomic E-state index is 0.146. The Bertz CT molecular complexity index is 3080. The molecule has 6 fully saturated rings. The number of likely N-dealkylation sites (N-methyl/N-ethyl adjacent to an activating group) is 1. The summed E-state index contributed by atoms with van der Waals surface area (Å²) in [4.78, 5) is 12.6. The number of nitrogens with zero attached hydrogens (tertiary/aromatic N) is 6. The summed E-state index contributed by atoms with van der Waals surface area (Å²) in [7, 11) is 2.48. The van der Waals surface area contributed by atoms with Crippen LogP contribution in [0.2, 0.25) is 0 Å². The van der Waals surface area contributed by atoms with Gasteiger partial charge in [0.05, 0.1) is 60.2 Å². The lowest BCUT2D eigenvalue weighted by Crippen LogP contribution is -2.66. The third kappa shape index (κ3) is 10.4. The highest BCUT2D eigenvalue weighted by atomic mass is 16.5. The SMILES string of the molecule is CCCC(CCC)Oc1ccc2nccc([C@H](Oc3nnc(O[C@@H](c4ccnc5ccc(OC(CCC)CCC)cc45)[C@H]4C[C@@H]5CC[N+]4(C)C[C@@H]5CC)c4cc5ccccc5cc34)[C@H]3C[C@@H]4CCN3C[C@@H]4CC)c2c1. The van der Waals surface area contributed by atoms with Crippen molar-refractivity contribution < 1.29 is 23.4 Å². The van der Waals surface area contributed by atoms with Crippen LogP contribution < -0.4 is 18.9 Å². The standard InChI is InChI=1S/C65H83N6O4/c1-8-16-48(17-9-2)72-50-22-24-58-54(38-50)52(26-30-66-58)62(60-36-46-28-32-70(60)40-42(46)12-5)74-64-56-34-44-20-14-15-21-45(44)35-57(56)65(69-68-64)75-63(61-37-47-29-33-71(61,7)41-43(47)13-6)53-27-31-67-59-25-23-51(39-55(53)59)73-49(18-10-3)19-11-4/h14-15,20-27,30-31,34-35,38-39,42-43,46-49,60-63H,8-13,16-19,28-29,32-33,36-37,40-41H2,1-7H3/q+1/t42-,43-,46-,47-,60+,61+,62-,63-,71?/m0/s1. The third-order valence-corrected chi connectivity index (χ3v) is 18.6. The zero-order chi connectivity index (χ0) is 51.6. The first-order chi connectivity index (χ1) is 36.7. The van der Waals surface area contributed by atoms with Crippen LogP contribution in [0.3, 0.4) is 0 Å². The molecule has 10 heteroatoms. The van der Waals surface area contributed by atoms with Crippen molar-refractivity contribution in [1.82, 2.24) is 25.1 Å². The molecule has 0 radical (unpaired) electrons. The van der Waals surface area contributed by atoms with Crippen molar-refractivity contribution >= 4 is 43.4 Å². The van der Waals surface area contributed by atoms with Crippen LogP contribution in [-0.4, -0.2) is 87.1 Å². The van der Waals surface area contributed by atoms with Gasteiger partial charge >= 0.3 is 0 Å². The molecule has 6 aliphatic heterocycles. The lowest BCUT2D eigenvalue weighted by Gasteiger charge is -2.57. The molecule has 0 amide bonds. The van der Waals surface area contributed by atoms with Crippen molar-refractivity contribution in [3.8, 4) is 23.3 Å². The first-order valence-corrected chi connectivity index (χ1v) is 29.4. The number of pyridine rings is 2. The van der Waals surface area contributed by atoms with Gasteiger partial charge in [-0.2, -0.15) is 0 Å². The number of rotatable bonds is 22. The molecular weight excluding hydrogens is 929 g/mol. The maximum atomic E-state index is 7.71. The molecule has 4 bridgehead atoms. The van der Waals surface area contributed by atoms with E-state index in [0.717, 1.165) is 161 Å². The van der Waals surface area contributed by atoms with E-state index in [1.54, 1.807) is 0 Å². The Morgan fingerprint density at radius 3 is 1.61 bits per heavy atom. The second kappa shape index (κ2) is 22.6. The van der Waals surface area contributed by atoms with Crippen LogP contribution in [0.1, 0.15) is 155 Å². The van der Waals surface area contributed by atoms with Crippen LogP contribution in [0.5, 0.6) is 23.3 Å². The van der Waals surface area contributed by atoms with Gasteiger partial charge in [0.2, 0.25) is 11.8 Å². The fraction of sp³-hybridized carbons (Fsp3) is 0.538.